The zero-order valence-corrected chi connectivity index (χ0v) is 9.82. The number of anilines is 1. The molecule has 0 bridgehead atoms. The smallest absolute Gasteiger partial charge is 0.270 e. The summed E-state index contributed by atoms with van der Waals surface area (Å²) in [5.74, 6) is 0. The second-order valence-electron chi connectivity index (χ2n) is 3.09. The van der Waals surface area contributed by atoms with Gasteiger partial charge in [0.2, 0.25) is 0 Å². The van der Waals surface area contributed by atoms with Crippen molar-refractivity contribution in [3.63, 3.8) is 0 Å². The van der Waals surface area contributed by atoms with Crippen LogP contribution in [0.1, 0.15) is 6.92 Å². The lowest BCUT2D eigenvalue weighted by atomic mass is 10.2. The maximum Gasteiger partial charge on any atom is 0.270 e. The van der Waals surface area contributed by atoms with E-state index in [1.807, 2.05) is 6.92 Å². The third-order valence-electron chi connectivity index (χ3n) is 1.90. The number of nitro groups is 1. The van der Waals surface area contributed by atoms with Gasteiger partial charge in [-0.05, 0) is 28.9 Å². The Hall–Kier alpha value is -1.36. The molecule has 0 aliphatic carbocycles. The maximum atomic E-state index is 10.5. The number of rotatable bonds is 4. The van der Waals surface area contributed by atoms with E-state index in [1.54, 1.807) is 12.1 Å². The van der Waals surface area contributed by atoms with Gasteiger partial charge in [-0.15, -0.1) is 6.58 Å². The van der Waals surface area contributed by atoms with Gasteiger partial charge in [-0.2, -0.15) is 0 Å². The molecule has 0 saturated carbocycles. The van der Waals surface area contributed by atoms with Crippen LogP contribution in [0.25, 0.3) is 0 Å². The zero-order chi connectivity index (χ0) is 11.4. The number of nitro benzene ring substituents is 1. The van der Waals surface area contributed by atoms with Crippen molar-refractivity contribution in [2.45, 2.75) is 13.0 Å². The molecular formula is C10H11BrN2O2. The Morgan fingerprint density at radius 3 is 2.80 bits per heavy atom. The molecule has 0 spiro atoms. The van der Waals surface area contributed by atoms with Crippen LogP contribution in [-0.2, 0) is 0 Å². The predicted octanol–water partition coefficient (Wildman–Crippen LogP) is 3.34. The lowest BCUT2D eigenvalue weighted by molar-refractivity contribution is -0.384. The topological polar surface area (TPSA) is 55.2 Å². The first-order valence-electron chi connectivity index (χ1n) is 4.37. The van der Waals surface area contributed by atoms with E-state index < -0.39 is 4.92 Å². The van der Waals surface area contributed by atoms with Crippen LogP contribution in [0.3, 0.4) is 0 Å². The van der Waals surface area contributed by atoms with E-state index in [0.29, 0.717) is 4.47 Å². The van der Waals surface area contributed by atoms with Crippen LogP contribution in [0, 0.1) is 10.1 Å². The van der Waals surface area contributed by atoms with Gasteiger partial charge in [-0.3, -0.25) is 10.1 Å². The average molecular weight is 271 g/mol. The highest BCUT2D eigenvalue weighted by Gasteiger charge is 2.09. The SMILES string of the molecule is C=CC(C)Nc1ccc([N+](=O)[O-])cc1Br. The van der Waals surface area contributed by atoms with Gasteiger partial charge >= 0.3 is 0 Å². The molecule has 0 saturated heterocycles. The Labute approximate surface area is 96.3 Å². The summed E-state index contributed by atoms with van der Waals surface area (Å²) in [5, 5.41) is 13.6. The van der Waals surface area contributed by atoms with Gasteiger partial charge in [0.25, 0.3) is 5.69 Å². The van der Waals surface area contributed by atoms with E-state index in [-0.39, 0.29) is 11.7 Å². The first-order chi connectivity index (χ1) is 7.04. The summed E-state index contributed by atoms with van der Waals surface area (Å²) in [6, 6.07) is 4.71. The van der Waals surface area contributed by atoms with Gasteiger partial charge in [0.05, 0.1) is 4.92 Å². The van der Waals surface area contributed by atoms with Gasteiger partial charge in [-0.1, -0.05) is 6.08 Å². The molecule has 4 nitrogen and oxygen atoms in total. The second kappa shape index (κ2) is 4.93. The Balaban J connectivity index is 2.93. The quantitative estimate of drug-likeness (QED) is 0.519. The molecule has 5 heteroatoms. The number of nitrogens with zero attached hydrogens (tertiary/aromatic N) is 1. The predicted molar refractivity (Wildman–Crippen MR) is 64.1 cm³/mol. The van der Waals surface area contributed by atoms with Crippen LogP contribution in [0.15, 0.2) is 35.3 Å². The van der Waals surface area contributed by atoms with Gasteiger partial charge in [0.15, 0.2) is 0 Å². The van der Waals surface area contributed by atoms with Crippen molar-refractivity contribution in [2.24, 2.45) is 0 Å². The van der Waals surface area contributed by atoms with Gasteiger partial charge in [0, 0.05) is 28.3 Å². The van der Waals surface area contributed by atoms with Crippen LogP contribution >= 0.6 is 15.9 Å². The zero-order valence-electron chi connectivity index (χ0n) is 8.24. The number of halogens is 1. The molecule has 1 rings (SSSR count). The lowest BCUT2D eigenvalue weighted by Gasteiger charge is -2.11. The summed E-state index contributed by atoms with van der Waals surface area (Å²) in [4.78, 5) is 10.1. The summed E-state index contributed by atoms with van der Waals surface area (Å²) in [6.45, 7) is 5.59. The molecule has 1 aromatic rings. The molecule has 0 fully saturated rings. The minimum Gasteiger partial charge on any atom is -0.378 e. The fraction of sp³-hybridized carbons (Fsp3) is 0.200. The Bertz CT molecular complexity index is 393. The molecule has 0 amide bonds. The second-order valence-corrected chi connectivity index (χ2v) is 3.94. The molecule has 0 radical (unpaired) electrons. The minimum absolute atomic E-state index is 0.0682. The van der Waals surface area contributed by atoms with E-state index in [0.717, 1.165) is 5.69 Å². The maximum absolute atomic E-state index is 10.5. The van der Waals surface area contributed by atoms with E-state index >= 15 is 0 Å². The summed E-state index contributed by atoms with van der Waals surface area (Å²) in [6.07, 6.45) is 1.76. The molecule has 80 valence electrons. The Morgan fingerprint density at radius 1 is 1.67 bits per heavy atom. The van der Waals surface area contributed by atoms with Gasteiger partial charge in [0.1, 0.15) is 0 Å². The van der Waals surface area contributed by atoms with Crippen LogP contribution in [0.4, 0.5) is 11.4 Å². The largest absolute Gasteiger partial charge is 0.378 e. The standard InChI is InChI=1S/C10H11BrN2O2/c1-3-7(2)12-10-5-4-8(13(14)15)6-9(10)11/h3-7,12H,1H2,2H3. The van der Waals surface area contributed by atoms with Crippen LogP contribution in [0.5, 0.6) is 0 Å². The highest BCUT2D eigenvalue weighted by atomic mass is 79.9. The summed E-state index contributed by atoms with van der Waals surface area (Å²) >= 11 is 3.27. The fourth-order valence-corrected chi connectivity index (χ4v) is 1.52. The Kier molecular flexibility index (Phi) is 3.85. The molecule has 1 unspecified atom stereocenters. The van der Waals surface area contributed by atoms with Crippen molar-refractivity contribution in [2.75, 3.05) is 5.32 Å². The van der Waals surface area contributed by atoms with E-state index in [1.165, 1.54) is 12.1 Å². The molecule has 0 heterocycles. The van der Waals surface area contributed by atoms with Crippen molar-refractivity contribution >= 4 is 27.3 Å². The lowest BCUT2D eigenvalue weighted by Crippen LogP contribution is -2.11. The van der Waals surface area contributed by atoms with Crippen molar-refractivity contribution in [3.05, 3.63) is 45.4 Å². The number of hydrogen-bond acceptors (Lipinski definition) is 3. The van der Waals surface area contributed by atoms with Crippen LogP contribution in [0.2, 0.25) is 0 Å². The van der Waals surface area contributed by atoms with Crippen LogP contribution < -0.4 is 5.32 Å². The summed E-state index contributed by atoms with van der Waals surface area (Å²) in [5.41, 5.74) is 0.881. The van der Waals surface area contributed by atoms with Crippen molar-refractivity contribution in [1.82, 2.24) is 0 Å². The highest BCUT2D eigenvalue weighted by Crippen LogP contribution is 2.27. The third-order valence-corrected chi connectivity index (χ3v) is 2.56. The van der Waals surface area contributed by atoms with Crippen LogP contribution in [-0.4, -0.2) is 11.0 Å². The fourth-order valence-electron chi connectivity index (χ4n) is 1.04. The molecule has 1 aromatic carbocycles. The van der Waals surface area contributed by atoms with Crippen molar-refractivity contribution in [3.8, 4) is 0 Å². The van der Waals surface area contributed by atoms with Gasteiger partial charge in [-0.25, -0.2) is 0 Å². The monoisotopic (exact) mass is 270 g/mol. The molecule has 1 N–H and O–H groups in total. The first kappa shape index (κ1) is 11.7. The number of nitrogens with one attached hydrogen (secondary N) is 1. The minimum atomic E-state index is -0.425. The molecule has 0 aliphatic heterocycles. The molecule has 15 heavy (non-hydrogen) atoms. The van der Waals surface area contributed by atoms with Crippen molar-refractivity contribution in [1.29, 1.82) is 0 Å². The Morgan fingerprint density at radius 2 is 2.33 bits per heavy atom. The molecule has 1 atom stereocenters. The van der Waals surface area contributed by atoms with E-state index in [4.69, 9.17) is 0 Å². The third kappa shape index (κ3) is 3.06. The van der Waals surface area contributed by atoms with Crippen molar-refractivity contribution < 1.29 is 4.92 Å². The van der Waals surface area contributed by atoms with E-state index in [2.05, 4.69) is 27.8 Å². The number of non-ortho nitro benzene ring substituents is 1. The van der Waals surface area contributed by atoms with Gasteiger partial charge < -0.3 is 5.32 Å². The molecule has 0 aromatic heterocycles. The summed E-state index contributed by atoms with van der Waals surface area (Å²) in [7, 11) is 0. The van der Waals surface area contributed by atoms with E-state index in [9.17, 15) is 10.1 Å². The normalized spacial score (nSPS) is 11.9. The molecule has 0 aliphatic rings. The molecular weight excluding hydrogens is 260 g/mol. The first-order valence-corrected chi connectivity index (χ1v) is 5.17. The number of hydrogen-bond donors (Lipinski definition) is 1. The average Bonchev–Trinajstić information content (AvgIpc) is 2.20. The number of benzene rings is 1. The summed E-state index contributed by atoms with van der Waals surface area (Å²) < 4.78 is 0.672. The highest BCUT2D eigenvalue weighted by molar-refractivity contribution is 9.10.